The Balaban J connectivity index is 1.48. The van der Waals surface area contributed by atoms with Crippen LogP contribution in [-0.2, 0) is 4.74 Å². The molecule has 3 rings (SSSR count). The molecular formula is C16H24N2O2. The highest BCUT2D eigenvalue weighted by atomic mass is 16.5. The van der Waals surface area contributed by atoms with E-state index in [4.69, 9.17) is 9.47 Å². The lowest BCUT2D eigenvalue weighted by Gasteiger charge is -2.26. The number of rotatable bonds is 5. The minimum atomic E-state index is 0.753. The van der Waals surface area contributed by atoms with E-state index in [1.165, 1.54) is 31.6 Å². The van der Waals surface area contributed by atoms with Gasteiger partial charge in [0.2, 0.25) is 0 Å². The van der Waals surface area contributed by atoms with Crippen LogP contribution < -0.4 is 9.64 Å². The fourth-order valence-corrected chi connectivity index (χ4v) is 2.86. The highest BCUT2D eigenvalue weighted by molar-refractivity contribution is 5.51. The van der Waals surface area contributed by atoms with Crippen LogP contribution in [0, 0.1) is 0 Å². The van der Waals surface area contributed by atoms with Crippen LogP contribution in [0.2, 0.25) is 0 Å². The summed E-state index contributed by atoms with van der Waals surface area (Å²) in [7, 11) is 0. The summed E-state index contributed by atoms with van der Waals surface area (Å²) in [6.07, 6.45) is 2.62. The Morgan fingerprint density at radius 1 is 1.05 bits per heavy atom. The second-order valence-electron chi connectivity index (χ2n) is 5.49. The Morgan fingerprint density at radius 2 is 1.85 bits per heavy atom. The van der Waals surface area contributed by atoms with E-state index >= 15 is 0 Å². The predicted octanol–water partition coefficient (Wildman–Crippen LogP) is 2.00. The van der Waals surface area contributed by atoms with Crippen molar-refractivity contribution in [2.45, 2.75) is 12.8 Å². The molecule has 2 heterocycles. The molecule has 0 radical (unpaired) electrons. The van der Waals surface area contributed by atoms with Crippen molar-refractivity contribution in [1.29, 1.82) is 0 Å². The molecular weight excluding hydrogens is 252 g/mol. The minimum absolute atomic E-state index is 0.753. The Labute approximate surface area is 121 Å². The van der Waals surface area contributed by atoms with Crippen molar-refractivity contribution in [3.05, 3.63) is 24.3 Å². The van der Waals surface area contributed by atoms with Gasteiger partial charge in [0, 0.05) is 44.5 Å². The normalized spacial score (nSPS) is 20.3. The molecule has 0 amide bonds. The van der Waals surface area contributed by atoms with Crippen LogP contribution >= 0.6 is 0 Å². The number of ether oxygens (including phenoxy) is 2. The molecule has 0 N–H and O–H groups in total. The molecule has 2 aliphatic heterocycles. The lowest BCUT2D eigenvalue weighted by molar-refractivity contribution is 0.0322. The summed E-state index contributed by atoms with van der Waals surface area (Å²) in [5, 5.41) is 0. The molecule has 2 fully saturated rings. The topological polar surface area (TPSA) is 24.9 Å². The van der Waals surface area contributed by atoms with E-state index in [0.29, 0.717) is 0 Å². The van der Waals surface area contributed by atoms with E-state index in [1.807, 2.05) is 0 Å². The zero-order valence-corrected chi connectivity index (χ0v) is 12.1. The van der Waals surface area contributed by atoms with Crippen molar-refractivity contribution in [3.8, 4) is 5.75 Å². The molecule has 1 aromatic carbocycles. The van der Waals surface area contributed by atoms with E-state index < -0.39 is 0 Å². The number of nitrogens with zero attached hydrogens (tertiary/aromatic N) is 2. The Kier molecular flexibility index (Phi) is 4.77. The largest absolute Gasteiger partial charge is 0.492 e. The SMILES string of the molecule is c1cc(OCCN2CCOCC2)cc(N2CCCC2)c1. The van der Waals surface area contributed by atoms with E-state index in [2.05, 4.69) is 34.1 Å². The van der Waals surface area contributed by atoms with Gasteiger partial charge in [0.05, 0.1) is 13.2 Å². The molecule has 110 valence electrons. The molecule has 1 aromatic rings. The first-order chi connectivity index (χ1) is 9.92. The van der Waals surface area contributed by atoms with Crippen LogP contribution in [0.15, 0.2) is 24.3 Å². The van der Waals surface area contributed by atoms with Gasteiger partial charge < -0.3 is 14.4 Å². The molecule has 0 spiro atoms. The van der Waals surface area contributed by atoms with Crippen LogP contribution in [-0.4, -0.2) is 57.4 Å². The lowest BCUT2D eigenvalue weighted by atomic mass is 10.3. The van der Waals surface area contributed by atoms with Gasteiger partial charge in [0.25, 0.3) is 0 Å². The highest BCUT2D eigenvalue weighted by Gasteiger charge is 2.13. The first-order valence-electron chi connectivity index (χ1n) is 7.70. The van der Waals surface area contributed by atoms with Crippen LogP contribution in [0.1, 0.15) is 12.8 Å². The number of benzene rings is 1. The third-order valence-electron chi connectivity index (χ3n) is 4.07. The molecule has 2 aliphatic rings. The average molecular weight is 276 g/mol. The number of anilines is 1. The van der Waals surface area contributed by atoms with Crippen molar-refractivity contribution >= 4 is 5.69 Å². The number of morpholine rings is 1. The summed E-state index contributed by atoms with van der Waals surface area (Å²) in [5.74, 6) is 0.989. The maximum absolute atomic E-state index is 5.90. The summed E-state index contributed by atoms with van der Waals surface area (Å²) in [6.45, 7) is 7.85. The molecule has 0 bridgehead atoms. The molecule has 0 aliphatic carbocycles. The van der Waals surface area contributed by atoms with Gasteiger partial charge in [-0.1, -0.05) is 6.07 Å². The summed E-state index contributed by atoms with van der Waals surface area (Å²) in [6, 6.07) is 8.50. The van der Waals surface area contributed by atoms with Gasteiger partial charge in [0.15, 0.2) is 0 Å². The fourth-order valence-electron chi connectivity index (χ4n) is 2.86. The third-order valence-corrected chi connectivity index (χ3v) is 4.07. The first kappa shape index (κ1) is 13.7. The molecule has 4 heteroatoms. The van der Waals surface area contributed by atoms with Crippen LogP contribution in [0.4, 0.5) is 5.69 Å². The van der Waals surface area contributed by atoms with E-state index in [1.54, 1.807) is 0 Å². The fraction of sp³-hybridized carbons (Fsp3) is 0.625. The molecule has 0 aromatic heterocycles. The standard InChI is InChI=1S/C16H24N2O2/c1-2-7-18(6-1)15-4-3-5-16(14-15)20-13-10-17-8-11-19-12-9-17/h3-5,14H,1-2,6-13H2. The monoisotopic (exact) mass is 276 g/mol. The smallest absolute Gasteiger partial charge is 0.121 e. The van der Waals surface area contributed by atoms with Gasteiger partial charge in [-0.2, -0.15) is 0 Å². The molecule has 20 heavy (non-hydrogen) atoms. The van der Waals surface area contributed by atoms with E-state index in [9.17, 15) is 0 Å². The maximum Gasteiger partial charge on any atom is 0.121 e. The summed E-state index contributed by atoms with van der Waals surface area (Å²) < 4.78 is 11.2. The van der Waals surface area contributed by atoms with Crippen molar-refractivity contribution < 1.29 is 9.47 Å². The van der Waals surface area contributed by atoms with Gasteiger partial charge in [-0.3, -0.25) is 4.90 Å². The van der Waals surface area contributed by atoms with Crippen LogP contribution in [0.3, 0.4) is 0 Å². The third kappa shape index (κ3) is 3.64. The maximum atomic E-state index is 5.90. The predicted molar refractivity (Wildman–Crippen MR) is 80.6 cm³/mol. The van der Waals surface area contributed by atoms with Crippen molar-refractivity contribution in [2.75, 3.05) is 57.4 Å². The second kappa shape index (κ2) is 6.95. The zero-order chi connectivity index (χ0) is 13.6. The molecule has 0 atom stereocenters. The quantitative estimate of drug-likeness (QED) is 0.821. The van der Waals surface area contributed by atoms with E-state index in [-0.39, 0.29) is 0 Å². The number of hydrogen-bond donors (Lipinski definition) is 0. The van der Waals surface area contributed by atoms with Gasteiger partial charge >= 0.3 is 0 Å². The molecule has 4 nitrogen and oxygen atoms in total. The van der Waals surface area contributed by atoms with Crippen molar-refractivity contribution in [1.82, 2.24) is 4.90 Å². The van der Waals surface area contributed by atoms with Gasteiger partial charge in [-0.05, 0) is 25.0 Å². The van der Waals surface area contributed by atoms with Gasteiger partial charge in [-0.15, -0.1) is 0 Å². The van der Waals surface area contributed by atoms with Crippen molar-refractivity contribution in [2.24, 2.45) is 0 Å². The number of hydrogen-bond acceptors (Lipinski definition) is 4. The van der Waals surface area contributed by atoms with Crippen molar-refractivity contribution in [3.63, 3.8) is 0 Å². The van der Waals surface area contributed by atoms with Crippen LogP contribution in [0.25, 0.3) is 0 Å². The lowest BCUT2D eigenvalue weighted by Crippen LogP contribution is -2.38. The molecule has 0 saturated carbocycles. The summed E-state index contributed by atoms with van der Waals surface area (Å²) in [4.78, 5) is 4.84. The second-order valence-corrected chi connectivity index (χ2v) is 5.49. The Hall–Kier alpha value is -1.26. The van der Waals surface area contributed by atoms with Gasteiger partial charge in [0.1, 0.15) is 12.4 Å². The Bertz CT molecular complexity index is 413. The first-order valence-corrected chi connectivity index (χ1v) is 7.70. The summed E-state index contributed by atoms with van der Waals surface area (Å²) >= 11 is 0. The molecule has 2 saturated heterocycles. The van der Waals surface area contributed by atoms with Crippen LogP contribution in [0.5, 0.6) is 5.75 Å². The minimum Gasteiger partial charge on any atom is -0.492 e. The van der Waals surface area contributed by atoms with E-state index in [0.717, 1.165) is 45.2 Å². The highest BCUT2D eigenvalue weighted by Crippen LogP contribution is 2.24. The Morgan fingerprint density at radius 3 is 2.65 bits per heavy atom. The van der Waals surface area contributed by atoms with Gasteiger partial charge in [-0.25, -0.2) is 0 Å². The molecule has 0 unspecified atom stereocenters. The zero-order valence-electron chi connectivity index (χ0n) is 12.1. The average Bonchev–Trinajstić information content (AvgIpc) is 3.03. The summed E-state index contributed by atoms with van der Waals surface area (Å²) in [5.41, 5.74) is 1.30.